The topological polar surface area (TPSA) is 0 Å². The molecule has 1 saturated carbocycles. The van der Waals surface area contributed by atoms with Crippen molar-refractivity contribution in [2.45, 2.75) is 36.9 Å². The normalized spacial score (nSPS) is 41.7. The van der Waals surface area contributed by atoms with Crippen LogP contribution in [-0.2, 0) is 0 Å². The quantitative estimate of drug-likeness (QED) is 0.577. The van der Waals surface area contributed by atoms with Gasteiger partial charge in [0, 0.05) is 11.7 Å². The summed E-state index contributed by atoms with van der Waals surface area (Å²) in [4.78, 5) is 0. The maximum Gasteiger partial charge on any atom is 0.115 e. The van der Waals surface area contributed by atoms with E-state index < -0.39 is 12.3 Å². The lowest BCUT2D eigenvalue weighted by Crippen LogP contribution is -2.28. The molecule has 1 fully saturated rings. The lowest BCUT2D eigenvalue weighted by Gasteiger charge is -2.26. The molecule has 0 aromatic rings. The fourth-order valence-corrected chi connectivity index (χ4v) is 2.08. The molecule has 0 saturated heterocycles. The van der Waals surface area contributed by atoms with E-state index in [9.17, 15) is 8.78 Å². The summed E-state index contributed by atoms with van der Waals surface area (Å²) in [6.07, 6.45) is 1.44. The van der Waals surface area contributed by atoms with Crippen molar-refractivity contribution < 1.29 is 8.78 Å². The molecule has 60 valence electrons. The monoisotopic (exact) mass is 166 g/mol. The van der Waals surface area contributed by atoms with Crippen LogP contribution in [0.25, 0.3) is 0 Å². The Morgan fingerprint density at radius 1 is 1.30 bits per heavy atom. The predicted molar refractivity (Wildman–Crippen MR) is 40.9 cm³/mol. The zero-order valence-electron chi connectivity index (χ0n) is 6.02. The first-order chi connectivity index (χ1) is 4.74. The van der Waals surface area contributed by atoms with Gasteiger partial charge in [0.25, 0.3) is 0 Å². The highest BCUT2D eigenvalue weighted by Gasteiger charge is 2.29. The van der Waals surface area contributed by atoms with Crippen LogP contribution in [0, 0.1) is 0 Å². The number of thioether (sulfide) groups is 1. The molecule has 0 spiro atoms. The van der Waals surface area contributed by atoms with E-state index in [-0.39, 0.29) is 11.7 Å². The summed E-state index contributed by atoms with van der Waals surface area (Å²) in [6, 6.07) is 0. The average molecular weight is 166 g/mol. The molecule has 0 aromatic carbocycles. The summed E-state index contributed by atoms with van der Waals surface area (Å²) < 4.78 is 25.3. The van der Waals surface area contributed by atoms with E-state index in [1.165, 1.54) is 11.8 Å². The van der Waals surface area contributed by atoms with Gasteiger partial charge in [0.1, 0.15) is 12.3 Å². The van der Waals surface area contributed by atoms with Crippen molar-refractivity contribution in [3.05, 3.63) is 0 Å². The van der Waals surface area contributed by atoms with Crippen LogP contribution < -0.4 is 0 Å². The van der Waals surface area contributed by atoms with Crippen LogP contribution in [0.1, 0.15) is 19.3 Å². The predicted octanol–water partition coefficient (Wildman–Crippen LogP) is 2.58. The first-order valence-corrected chi connectivity index (χ1v) is 4.83. The highest BCUT2D eigenvalue weighted by Crippen LogP contribution is 2.30. The maximum atomic E-state index is 12.8. The highest BCUT2D eigenvalue weighted by atomic mass is 32.2. The molecule has 0 amide bonds. The lowest BCUT2D eigenvalue weighted by atomic mass is 9.97. The van der Waals surface area contributed by atoms with Crippen LogP contribution in [0.4, 0.5) is 8.78 Å². The summed E-state index contributed by atoms with van der Waals surface area (Å²) >= 11 is 1.51. The van der Waals surface area contributed by atoms with E-state index in [0.717, 1.165) is 0 Å². The van der Waals surface area contributed by atoms with E-state index >= 15 is 0 Å². The second kappa shape index (κ2) is 3.56. The van der Waals surface area contributed by atoms with Crippen molar-refractivity contribution in [3.63, 3.8) is 0 Å². The second-order valence-corrected chi connectivity index (χ2v) is 3.78. The van der Waals surface area contributed by atoms with E-state index in [4.69, 9.17) is 0 Å². The molecule has 10 heavy (non-hydrogen) atoms. The standard InChI is InChI=1S/C7H12F2S/c1-10-7-3-2-5(8)4-6(7)9/h5-7H,2-4H2,1H3. The maximum absolute atomic E-state index is 12.8. The van der Waals surface area contributed by atoms with Gasteiger partial charge in [-0.3, -0.25) is 0 Å². The van der Waals surface area contributed by atoms with Crippen molar-refractivity contribution in [1.29, 1.82) is 0 Å². The molecule has 0 bridgehead atoms. The molecule has 0 N–H and O–H groups in total. The minimum absolute atomic E-state index is 0.0481. The molecule has 3 atom stereocenters. The fourth-order valence-electron chi connectivity index (χ4n) is 1.31. The largest absolute Gasteiger partial charge is 0.247 e. The number of hydrogen-bond donors (Lipinski definition) is 0. The summed E-state index contributed by atoms with van der Waals surface area (Å²) in [5, 5.41) is 0.0481. The van der Waals surface area contributed by atoms with Crippen LogP contribution in [0.3, 0.4) is 0 Å². The van der Waals surface area contributed by atoms with Gasteiger partial charge < -0.3 is 0 Å². The molecule has 3 heteroatoms. The SMILES string of the molecule is CSC1CCC(F)CC1F. The first-order valence-electron chi connectivity index (χ1n) is 3.55. The minimum Gasteiger partial charge on any atom is -0.247 e. The van der Waals surface area contributed by atoms with Gasteiger partial charge in [0.2, 0.25) is 0 Å². The molecule has 3 unspecified atom stereocenters. The third-order valence-corrected chi connectivity index (χ3v) is 3.09. The van der Waals surface area contributed by atoms with Gasteiger partial charge in [0.15, 0.2) is 0 Å². The van der Waals surface area contributed by atoms with Crippen LogP contribution in [0.2, 0.25) is 0 Å². The Bertz CT molecular complexity index is 108. The number of halogens is 2. The molecular weight excluding hydrogens is 154 g/mol. The van der Waals surface area contributed by atoms with Gasteiger partial charge in [-0.2, -0.15) is 11.8 Å². The summed E-state index contributed by atoms with van der Waals surface area (Å²) in [6.45, 7) is 0. The van der Waals surface area contributed by atoms with Crippen molar-refractivity contribution in [3.8, 4) is 0 Å². The zero-order chi connectivity index (χ0) is 7.56. The summed E-state index contributed by atoms with van der Waals surface area (Å²) in [5.74, 6) is 0. The third kappa shape index (κ3) is 1.84. The van der Waals surface area contributed by atoms with E-state index in [0.29, 0.717) is 12.8 Å². The third-order valence-electron chi connectivity index (χ3n) is 1.95. The molecule has 0 aromatic heterocycles. The van der Waals surface area contributed by atoms with Crippen molar-refractivity contribution >= 4 is 11.8 Å². The Morgan fingerprint density at radius 3 is 2.50 bits per heavy atom. The molecule has 1 rings (SSSR count). The second-order valence-electron chi connectivity index (χ2n) is 2.70. The van der Waals surface area contributed by atoms with Crippen LogP contribution in [0.5, 0.6) is 0 Å². The Hall–Kier alpha value is 0.210. The Balaban J connectivity index is 2.36. The molecule has 0 aliphatic heterocycles. The van der Waals surface area contributed by atoms with Gasteiger partial charge in [-0.15, -0.1) is 0 Å². The van der Waals surface area contributed by atoms with Gasteiger partial charge in [-0.25, -0.2) is 8.78 Å². The minimum atomic E-state index is -0.918. The Kier molecular flexibility index (Phi) is 2.96. The molecule has 0 radical (unpaired) electrons. The number of rotatable bonds is 1. The summed E-state index contributed by atoms with van der Waals surface area (Å²) in [7, 11) is 0. The number of hydrogen-bond acceptors (Lipinski definition) is 1. The Morgan fingerprint density at radius 2 is 2.00 bits per heavy atom. The van der Waals surface area contributed by atoms with Gasteiger partial charge in [-0.1, -0.05) is 0 Å². The molecule has 1 aliphatic carbocycles. The van der Waals surface area contributed by atoms with Crippen molar-refractivity contribution in [1.82, 2.24) is 0 Å². The molecule has 1 aliphatic rings. The summed E-state index contributed by atoms with van der Waals surface area (Å²) in [5.41, 5.74) is 0. The van der Waals surface area contributed by atoms with Gasteiger partial charge >= 0.3 is 0 Å². The zero-order valence-corrected chi connectivity index (χ0v) is 6.83. The fraction of sp³-hybridized carbons (Fsp3) is 1.00. The highest BCUT2D eigenvalue weighted by molar-refractivity contribution is 7.99. The molecule has 0 nitrogen and oxygen atoms in total. The van der Waals surface area contributed by atoms with E-state index in [1.54, 1.807) is 0 Å². The Labute approximate surface area is 64.4 Å². The lowest BCUT2D eigenvalue weighted by molar-refractivity contribution is 0.164. The van der Waals surface area contributed by atoms with Crippen molar-refractivity contribution in [2.24, 2.45) is 0 Å². The van der Waals surface area contributed by atoms with Crippen LogP contribution in [0.15, 0.2) is 0 Å². The van der Waals surface area contributed by atoms with E-state index in [2.05, 4.69) is 0 Å². The molecular formula is C7H12F2S. The van der Waals surface area contributed by atoms with Gasteiger partial charge in [-0.05, 0) is 19.1 Å². The van der Waals surface area contributed by atoms with Crippen molar-refractivity contribution in [2.75, 3.05) is 6.26 Å². The smallest absolute Gasteiger partial charge is 0.115 e. The molecule has 0 heterocycles. The average Bonchev–Trinajstić information content (AvgIpc) is 1.88. The number of alkyl halides is 2. The first kappa shape index (κ1) is 8.31. The van der Waals surface area contributed by atoms with E-state index in [1.807, 2.05) is 6.26 Å². The van der Waals surface area contributed by atoms with Crippen LogP contribution in [-0.4, -0.2) is 23.8 Å². The van der Waals surface area contributed by atoms with Crippen LogP contribution >= 0.6 is 11.8 Å². The van der Waals surface area contributed by atoms with Gasteiger partial charge in [0.05, 0.1) is 0 Å².